The topological polar surface area (TPSA) is 77.1 Å². The maximum absolute atomic E-state index is 14.0. The van der Waals surface area contributed by atoms with Gasteiger partial charge in [0.1, 0.15) is 18.2 Å². The Kier molecular flexibility index (Phi) is 6.74. The number of nitrogens with one attached hydrogen (secondary N) is 1. The average Bonchev–Trinajstić information content (AvgIpc) is 2.75. The minimum absolute atomic E-state index is 0.121. The van der Waals surface area contributed by atoms with Gasteiger partial charge in [-0.3, -0.25) is 4.90 Å². The molecule has 0 fully saturated rings. The van der Waals surface area contributed by atoms with E-state index in [1.54, 1.807) is 31.2 Å². The lowest BCUT2D eigenvalue weighted by molar-refractivity contribution is -0.139. The van der Waals surface area contributed by atoms with Crippen LogP contribution in [0.4, 0.5) is 13.6 Å². The molecule has 1 aliphatic rings. The number of esters is 1. The Labute approximate surface area is 178 Å². The molecule has 0 saturated heterocycles. The monoisotopic (exact) mass is 432 g/mol. The lowest BCUT2D eigenvalue weighted by Crippen LogP contribution is -2.48. The SMILES string of the molecule is CCOC(=O)C1=C(COc2ccc(F)cc2F)N(C)C(=O)N[C@@H]1c1ccc(OC)cc1. The molecule has 0 aromatic heterocycles. The number of ether oxygens (including phenoxy) is 3. The fraction of sp³-hybridized carbons (Fsp3) is 0.273. The number of hydrogen-bond donors (Lipinski definition) is 1. The molecule has 3 rings (SSSR count). The standard InChI is InChI=1S/C22H22F2N2O5/c1-4-30-21(27)19-17(12-31-18-10-7-14(23)11-16(18)24)26(2)22(28)25-20(19)13-5-8-15(29-3)9-6-13/h5-11,20H,4,12H2,1-3H3,(H,25,28)/t20-/m1/s1. The van der Waals surface area contributed by atoms with E-state index in [1.807, 2.05) is 0 Å². The number of likely N-dealkylation sites (N-methyl/N-ethyl adjacent to an activating group) is 1. The molecule has 0 unspecified atom stereocenters. The Bertz CT molecular complexity index is 1010. The summed E-state index contributed by atoms with van der Waals surface area (Å²) in [6.45, 7) is 1.47. The number of methoxy groups -OCH3 is 1. The van der Waals surface area contributed by atoms with E-state index in [2.05, 4.69) is 5.32 Å². The van der Waals surface area contributed by atoms with Gasteiger partial charge in [0.15, 0.2) is 11.6 Å². The van der Waals surface area contributed by atoms with Crippen molar-refractivity contribution in [3.63, 3.8) is 0 Å². The van der Waals surface area contributed by atoms with Gasteiger partial charge in [-0.1, -0.05) is 12.1 Å². The van der Waals surface area contributed by atoms with Crippen LogP contribution >= 0.6 is 0 Å². The molecular weight excluding hydrogens is 410 g/mol. The van der Waals surface area contributed by atoms with Crippen LogP contribution in [0.3, 0.4) is 0 Å². The van der Waals surface area contributed by atoms with Crippen LogP contribution in [-0.2, 0) is 9.53 Å². The van der Waals surface area contributed by atoms with Crippen molar-refractivity contribution >= 4 is 12.0 Å². The molecule has 1 aliphatic heterocycles. The van der Waals surface area contributed by atoms with Gasteiger partial charge in [0.25, 0.3) is 0 Å². The van der Waals surface area contributed by atoms with Gasteiger partial charge in [-0.25, -0.2) is 18.4 Å². The van der Waals surface area contributed by atoms with Gasteiger partial charge >= 0.3 is 12.0 Å². The molecule has 0 saturated carbocycles. The molecule has 31 heavy (non-hydrogen) atoms. The molecule has 0 radical (unpaired) electrons. The minimum Gasteiger partial charge on any atom is -0.497 e. The number of halogens is 2. The first-order valence-electron chi connectivity index (χ1n) is 9.51. The molecule has 0 bridgehead atoms. The van der Waals surface area contributed by atoms with Crippen molar-refractivity contribution in [1.82, 2.24) is 10.2 Å². The summed E-state index contributed by atoms with van der Waals surface area (Å²) in [6, 6.07) is 8.42. The second-order valence-electron chi connectivity index (χ2n) is 6.66. The first kappa shape index (κ1) is 22.1. The Morgan fingerprint density at radius 3 is 2.48 bits per heavy atom. The number of urea groups is 1. The first-order chi connectivity index (χ1) is 14.8. The fourth-order valence-electron chi connectivity index (χ4n) is 3.17. The Morgan fingerprint density at radius 1 is 1.16 bits per heavy atom. The summed E-state index contributed by atoms with van der Waals surface area (Å²) in [6.07, 6.45) is 0. The van der Waals surface area contributed by atoms with E-state index in [9.17, 15) is 18.4 Å². The second-order valence-corrected chi connectivity index (χ2v) is 6.66. The highest BCUT2D eigenvalue weighted by atomic mass is 19.1. The molecule has 1 atom stereocenters. The number of benzene rings is 2. The van der Waals surface area contributed by atoms with Gasteiger partial charge in [0.05, 0.1) is 31.0 Å². The molecular formula is C22H22F2N2O5. The average molecular weight is 432 g/mol. The van der Waals surface area contributed by atoms with Crippen molar-refractivity contribution in [2.45, 2.75) is 13.0 Å². The van der Waals surface area contributed by atoms with Gasteiger partial charge in [0, 0.05) is 13.1 Å². The van der Waals surface area contributed by atoms with Crippen molar-refractivity contribution in [3.05, 3.63) is 70.9 Å². The van der Waals surface area contributed by atoms with E-state index in [0.29, 0.717) is 17.4 Å². The van der Waals surface area contributed by atoms with Crippen LogP contribution in [0.25, 0.3) is 0 Å². The summed E-state index contributed by atoms with van der Waals surface area (Å²) in [5.74, 6) is -1.89. The second kappa shape index (κ2) is 9.46. The van der Waals surface area contributed by atoms with Crippen LogP contribution in [-0.4, -0.2) is 44.3 Å². The highest BCUT2D eigenvalue weighted by molar-refractivity contribution is 5.95. The van der Waals surface area contributed by atoms with Crippen molar-refractivity contribution in [2.24, 2.45) is 0 Å². The maximum Gasteiger partial charge on any atom is 0.338 e. The predicted octanol–water partition coefficient (Wildman–Crippen LogP) is 3.57. The van der Waals surface area contributed by atoms with Crippen LogP contribution < -0.4 is 14.8 Å². The van der Waals surface area contributed by atoms with E-state index in [-0.39, 0.29) is 30.2 Å². The van der Waals surface area contributed by atoms with Crippen molar-refractivity contribution < 1.29 is 32.6 Å². The maximum atomic E-state index is 14.0. The van der Waals surface area contributed by atoms with Crippen molar-refractivity contribution in [2.75, 3.05) is 27.4 Å². The van der Waals surface area contributed by atoms with E-state index in [1.165, 1.54) is 19.1 Å². The largest absolute Gasteiger partial charge is 0.497 e. The smallest absolute Gasteiger partial charge is 0.338 e. The number of hydrogen-bond acceptors (Lipinski definition) is 5. The molecule has 164 valence electrons. The number of carbonyl (C=O) groups is 2. The molecule has 1 N–H and O–H groups in total. The summed E-state index contributed by atoms with van der Waals surface area (Å²) in [5.41, 5.74) is 0.971. The quantitative estimate of drug-likeness (QED) is 0.677. The zero-order valence-electron chi connectivity index (χ0n) is 17.3. The number of amides is 2. The van der Waals surface area contributed by atoms with Crippen LogP contribution in [0, 0.1) is 11.6 Å². The van der Waals surface area contributed by atoms with E-state index in [4.69, 9.17) is 14.2 Å². The first-order valence-corrected chi connectivity index (χ1v) is 9.51. The predicted molar refractivity (Wildman–Crippen MR) is 108 cm³/mol. The third-order valence-corrected chi connectivity index (χ3v) is 4.78. The van der Waals surface area contributed by atoms with Crippen LogP contribution in [0.15, 0.2) is 53.7 Å². The van der Waals surface area contributed by atoms with Gasteiger partial charge in [0.2, 0.25) is 0 Å². The highest BCUT2D eigenvalue weighted by Gasteiger charge is 2.37. The third kappa shape index (κ3) is 4.76. The summed E-state index contributed by atoms with van der Waals surface area (Å²) < 4.78 is 43.0. The number of nitrogens with zero attached hydrogens (tertiary/aromatic N) is 1. The van der Waals surface area contributed by atoms with Crippen LogP contribution in [0.1, 0.15) is 18.5 Å². The fourth-order valence-corrected chi connectivity index (χ4v) is 3.17. The molecule has 2 aromatic carbocycles. The molecule has 1 heterocycles. The van der Waals surface area contributed by atoms with Gasteiger partial charge < -0.3 is 19.5 Å². The molecule has 0 spiro atoms. The van der Waals surface area contributed by atoms with Crippen LogP contribution in [0.2, 0.25) is 0 Å². The van der Waals surface area contributed by atoms with Gasteiger partial charge in [-0.2, -0.15) is 0 Å². The number of carbonyl (C=O) groups excluding carboxylic acids is 2. The van der Waals surface area contributed by atoms with E-state index < -0.39 is 29.7 Å². The molecule has 2 amide bonds. The normalized spacial score (nSPS) is 16.1. The molecule has 2 aromatic rings. The highest BCUT2D eigenvalue weighted by Crippen LogP contribution is 2.32. The summed E-state index contributed by atoms with van der Waals surface area (Å²) in [7, 11) is 2.98. The van der Waals surface area contributed by atoms with Crippen LogP contribution in [0.5, 0.6) is 11.5 Å². The van der Waals surface area contributed by atoms with Gasteiger partial charge in [-0.05, 0) is 36.8 Å². The Balaban J connectivity index is 2.02. The van der Waals surface area contributed by atoms with Crippen molar-refractivity contribution in [3.8, 4) is 11.5 Å². The lowest BCUT2D eigenvalue weighted by atomic mass is 9.94. The summed E-state index contributed by atoms with van der Waals surface area (Å²) in [5, 5.41) is 2.76. The zero-order valence-corrected chi connectivity index (χ0v) is 17.3. The summed E-state index contributed by atoms with van der Waals surface area (Å²) >= 11 is 0. The minimum atomic E-state index is -0.895. The number of rotatable bonds is 7. The van der Waals surface area contributed by atoms with E-state index >= 15 is 0 Å². The van der Waals surface area contributed by atoms with Crippen molar-refractivity contribution in [1.29, 1.82) is 0 Å². The Hall–Kier alpha value is -3.62. The zero-order chi connectivity index (χ0) is 22.5. The van der Waals surface area contributed by atoms with Gasteiger partial charge in [-0.15, -0.1) is 0 Å². The molecule has 9 heteroatoms. The molecule has 7 nitrogen and oxygen atoms in total. The molecule has 0 aliphatic carbocycles. The third-order valence-electron chi connectivity index (χ3n) is 4.78. The Morgan fingerprint density at radius 2 is 1.87 bits per heavy atom. The lowest BCUT2D eigenvalue weighted by Gasteiger charge is -2.34. The summed E-state index contributed by atoms with van der Waals surface area (Å²) in [4.78, 5) is 26.6. The van der Waals surface area contributed by atoms with E-state index in [0.717, 1.165) is 12.1 Å².